The van der Waals surface area contributed by atoms with Crippen LogP contribution in [0.4, 0.5) is 13.2 Å². The maximum Gasteiger partial charge on any atom is 0.416 e. The second-order valence-electron chi connectivity index (χ2n) is 13.2. The number of likely N-dealkylation sites (N-methyl/N-ethyl adjacent to an activating group) is 1. The van der Waals surface area contributed by atoms with Crippen molar-refractivity contribution in [1.82, 2.24) is 19.7 Å². The number of aliphatic carboxylic acids is 1. The van der Waals surface area contributed by atoms with Crippen molar-refractivity contribution in [3.05, 3.63) is 91.9 Å². The SMILES string of the molecule is Cc1cccc(C)c1-c1cc(C(CC(=O)O)NC(=O)C(CC(C)C)n2cc(CCN(C)C)c(C(F)(F)F)cc2=O)cc2c1C(=O)N(C)C2=O. The Kier molecular flexibility index (Phi) is 10.9. The number of carboxylic acid groups (broad SMARTS) is 1. The molecule has 1 aliphatic rings. The summed E-state index contributed by atoms with van der Waals surface area (Å²) in [6.07, 6.45) is -4.34. The zero-order chi connectivity index (χ0) is 36.5. The Morgan fingerprint density at radius 1 is 0.959 bits per heavy atom. The number of nitrogens with one attached hydrogen (secondary N) is 1. The highest BCUT2D eigenvalue weighted by Gasteiger charge is 2.38. The van der Waals surface area contributed by atoms with Gasteiger partial charge in [-0.25, -0.2) is 0 Å². The number of carboxylic acids is 1. The molecule has 2 atom stereocenters. The number of amides is 3. The molecule has 262 valence electrons. The first-order valence-electron chi connectivity index (χ1n) is 15.9. The molecule has 3 aromatic rings. The van der Waals surface area contributed by atoms with E-state index in [4.69, 9.17) is 0 Å². The van der Waals surface area contributed by atoms with Gasteiger partial charge in [-0.1, -0.05) is 32.0 Å². The Bertz CT molecular complexity index is 1840. The summed E-state index contributed by atoms with van der Waals surface area (Å²) in [5.74, 6) is -3.37. The van der Waals surface area contributed by atoms with Gasteiger partial charge >= 0.3 is 12.1 Å². The van der Waals surface area contributed by atoms with Crippen molar-refractivity contribution in [3.8, 4) is 11.1 Å². The lowest BCUT2D eigenvalue weighted by atomic mass is 9.87. The lowest BCUT2D eigenvalue weighted by Gasteiger charge is -2.27. The Labute approximate surface area is 282 Å². The van der Waals surface area contributed by atoms with E-state index < -0.39 is 59.5 Å². The number of nitrogens with zero attached hydrogens (tertiary/aromatic N) is 3. The zero-order valence-electron chi connectivity index (χ0n) is 28.6. The maximum absolute atomic E-state index is 14.1. The summed E-state index contributed by atoms with van der Waals surface area (Å²) in [6, 6.07) is 6.48. The number of carbonyl (C=O) groups excluding carboxylic acids is 3. The van der Waals surface area contributed by atoms with E-state index in [1.54, 1.807) is 38.9 Å². The number of fused-ring (bicyclic) bond motifs is 1. The molecule has 2 heterocycles. The summed E-state index contributed by atoms with van der Waals surface area (Å²) >= 11 is 0. The number of hydrogen-bond acceptors (Lipinski definition) is 6. The molecule has 0 bridgehead atoms. The van der Waals surface area contributed by atoms with Gasteiger partial charge in [-0.05, 0) is 92.2 Å². The molecule has 0 aliphatic carbocycles. The standard InChI is InChI=1S/C36H41F3N4O6/c1-19(2)13-28(43-18-22(11-12-41(5)6)26(16-29(43)44)36(37,38)39)33(47)40-27(17-30(45)46)23-14-24(31-20(3)9-8-10-21(31)4)32-25(15-23)34(48)42(7)35(32)49/h8-10,14-16,18-19,27-28H,11-13,17H2,1-7H3,(H,40,47)(H,45,46). The van der Waals surface area contributed by atoms with Gasteiger partial charge < -0.3 is 19.9 Å². The highest BCUT2D eigenvalue weighted by atomic mass is 19.4. The van der Waals surface area contributed by atoms with Crippen LogP contribution in [-0.2, 0) is 22.2 Å². The van der Waals surface area contributed by atoms with Gasteiger partial charge in [0.05, 0.1) is 29.2 Å². The molecule has 0 saturated heterocycles. The van der Waals surface area contributed by atoms with Crippen LogP contribution < -0.4 is 10.9 Å². The monoisotopic (exact) mass is 682 g/mol. The molecule has 13 heteroatoms. The van der Waals surface area contributed by atoms with Gasteiger partial charge in [-0.15, -0.1) is 0 Å². The number of hydrogen-bond donors (Lipinski definition) is 2. The van der Waals surface area contributed by atoms with Crippen molar-refractivity contribution in [2.45, 2.75) is 65.2 Å². The molecule has 10 nitrogen and oxygen atoms in total. The number of halogens is 3. The Hall–Kier alpha value is -4.78. The largest absolute Gasteiger partial charge is 0.481 e. The van der Waals surface area contributed by atoms with Crippen molar-refractivity contribution in [2.24, 2.45) is 5.92 Å². The number of rotatable bonds is 12. The van der Waals surface area contributed by atoms with E-state index in [1.165, 1.54) is 13.1 Å². The van der Waals surface area contributed by atoms with Gasteiger partial charge in [-0.2, -0.15) is 13.2 Å². The minimum atomic E-state index is -4.80. The van der Waals surface area contributed by atoms with E-state index in [0.29, 0.717) is 17.2 Å². The lowest BCUT2D eigenvalue weighted by Crippen LogP contribution is -2.40. The summed E-state index contributed by atoms with van der Waals surface area (Å²) in [6.45, 7) is 7.50. The molecule has 0 spiro atoms. The predicted molar refractivity (Wildman–Crippen MR) is 177 cm³/mol. The first-order valence-corrected chi connectivity index (χ1v) is 15.9. The second kappa shape index (κ2) is 14.4. The second-order valence-corrected chi connectivity index (χ2v) is 13.2. The number of carbonyl (C=O) groups is 4. The van der Waals surface area contributed by atoms with E-state index in [-0.39, 0.29) is 47.6 Å². The van der Waals surface area contributed by atoms with Gasteiger partial charge in [0, 0.05) is 25.9 Å². The Morgan fingerprint density at radius 3 is 2.12 bits per heavy atom. The molecule has 0 radical (unpaired) electrons. The molecule has 1 aliphatic heterocycles. The molecule has 2 aromatic carbocycles. The van der Waals surface area contributed by atoms with Crippen molar-refractivity contribution in [1.29, 1.82) is 0 Å². The van der Waals surface area contributed by atoms with Gasteiger partial charge in [0.15, 0.2) is 0 Å². The summed E-state index contributed by atoms with van der Waals surface area (Å²) in [5, 5.41) is 12.6. The first-order chi connectivity index (χ1) is 22.8. The summed E-state index contributed by atoms with van der Waals surface area (Å²) in [5.41, 5.74) is 0.863. The topological polar surface area (TPSA) is 129 Å². The minimum Gasteiger partial charge on any atom is -0.481 e. The van der Waals surface area contributed by atoms with Crippen LogP contribution >= 0.6 is 0 Å². The van der Waals surface area contributed by atoms with E-state index in [2.05, 4.69) is 5.32 Å². The molecule has 4 rings (SSSR count). The van der Waals surface area contributed by atoms with Crippen molar-refractivity contribution >= 4 is 23.7 Å². The van der Waals surface area contributed by atoms with Gasteiger partial charge in [0.2, 0.25) is 5.91 Å². The molecular formula is C36H41F3N4O6. The average Bonchev–Trinajstić information content (AvgIpc) is 3.21. The van der Waals surface area contributed by atoms with Crippen LogP contribution in [0.3, 0.4) is 0 Å². The van der Waals surface area contributed by atoms with Crippen LogP contribution in [0.25, 0.3) is 11.1 Å². The van der Waals surface area contributed by atoms with Crippen LogP contribution in [0.15, 0.2) is 47.4 Å². The number of pyridine rings is 1. The fourth-order valence-electron chi connectivity index (χ4n) is 6.27. The molecule has 3 amide bonds. The van der Waals surface area contributed by atoms with Gasteiger partial charge in [-0.3, -0.25) is 28.9 Å². The van der Waals surface area contributed by atoms with Gasteiger partial charge in [0.25, 0.3) is 17.4 Å². The fraction of sp³-hybridized carbons (Fsp3) is 0.417. The normalized spacial score (nSPS) is 14.4. The number of benzene rings is 2. The quantitative estimate of drug-likeness (QED) is 0.245. The molecule has 49 heavy (non-hydrogen) atoms. The number of alkyl halides is 3. The van der Waals surface area contributed by atoms with E-state index in [1.807, 2.05) is 32.0 Å². The minimum absolute atomic E-state index is 0.0444. The summed E-state index contributed by atoms with van der Waals surface area (Å²) in [4.78, 5) is 68.7. The fourth-order valence-corrected chi connectivity index (χ4v) is 6.27. The first kappa shape index (κ1) is 37.0. The van der Waals surface area contributed by atoms with Crippen molar-refractivity contribution in [3.63, 3.8) is 0 Å². The van der Waals surface area contributed by atoms with E-state index in [0.717, 1.165) is 26.8 Å². The molecule has 0 fully saturated rings. The third-order valence-corrected chi connectivity index (χ3v) is 8.69. The third-order valence-electron chi connectivity index (χ3n) is 8.69. The van der Waals surface area contributed by atoms with E-state index in [9.17, 15) is 42.3 Å². The highest BCUT2D eigenvalue weighted by molar-refractivity contribution is 6.24. The summed E-state index contributed by atoms with van der Waals surface area (Å²) in [7, 11) is 4.75. The van der Waals surface area contributed by atoms with Crippen LogP contribution in [0.2, 0.25) is 0 Å². The van der Waals surface area contributed by atoms with Crippen molar-refractivity contribution < 1.29 is 37.5 Å². The Balaban J connectivity index is 1.87. The van der Waals surface area contributed by atoms with Crippen LogP contribution in [0.1, 0.15) is 87.3 Å². The smallest absolute Gasteiger partial charge is 0.416 e. The molecule has 2 unspecified atom stereocenters. The molecule has 1 aromatic heterocycles. The molecule has 0 saturated carbocycles. The molecule has 2 N–H and O–H groups in total. The van der Waals surface area contributed by atoms with Crippen LogP contribution in [0, 0.1) is 19.8 Å². The number of aryl methyl sites for hydroxylation is 2. The van der Waals surface area contributed by atoms with Crippen LogP contribution in [0.5, 0.6) is 0 Å². The van der Waals surface area contributed by atoms with E-state index >= 15 is 0 Å². The molecular weight excluding hydrogens is 641 g/mol. The lowest BCUT2D eigenvalue weighted by molar-refractivity contribution is -0.139. The summed E-state index contributed by atoms with van der Waals surface area (Å²) < 4.78 is 42.9. The Morgan fingerprint density at radius 2 is 1.57 bits per heavy atom. The average molecular weight is 683 g/mol. The highest BCUT2D eigenvalue weighted by Crippen LogP contribution is 2.39. The van der Waals surface area contributed by atoms with Crippen LogP contribution in [-0.4, -0.2) is 70.9 Å². The maximum atomic E-state index is 14.1. The zero-order valence-corrected chi connectivity index (χ0v) is 28.6. The van der Waals surface area contributed by atoms with Crippen molar-refractivity contribution in [2.75, 3.05) is 27.7 Å². The predicted octanol–water partition coefficient (Wildman–Crippen LogP) is 5.40. The number of aromatic nitrogens is 1. The van der Waals surface area contributed by atoms with Gasteiger partial charge in [0.1, 0.15) is 6.04 Å². The third kappa shape index (κ3) is 7.93. The number of imide groups is 1.